The first-order valence-electron chi connectivity index (χ1n) is 20.2. The van der Waals surface area contributed by atoms with Crippen LogP contribution in [0.25, 0.3) is 103 Å². The summed E-state index contributed by atoms with van der Waals surface area (Å²) in [6.07, 6.45) is 0. The molecule has 0 fully saturated rings. The molecule has 1 spiro atoms. The lowest BCUT2D eigenvalue weighted by atomic mass is 9.63. The Morgan fingerprint density at radius 1 is 0.424 bits per heavy atom. The second kappa shape index (κ2) is 11.4. The number of aromatic nitrogens is 3. The molecule has 2 aliphatic carbocycles. The Balaban J connectivity index is 1.19. The van der Waals surface area contributed by atoms with Gasteiger partial charge in [-0.15, -0.1) is 11.3 Å². The zero-order valence-corrected chi connectivity index (χ0v) is 32.5. The Morgan fingerprint density at radius 2 is 1.08 bits per heavy atom. The van der Waals surface area contributed by atoms with E-state index < -0.39 is 5.41 Å². The SMILES string of the molecule is c1ccc(-c2cc3c4c5c(cccc25)C2(c5ccccc5-c5ccccc52)c2cccc(c24)n3-c2nc(-c3ccc4ccccc4c3)c3sc4ccccc4c3n2)cc1. The van der Waals surface area contributed by atoms with Crippen molar-refractivity contribution in [3.05, 3.63) is 210 Å². The molecule has 0 saturated carbocycles. The zero-order valence-electron chi connectivity index (χ0n) is 31.6. The highest BCUT2D eigenvalue weighted by Gasteiger charge is 2.50. The van der Waals surface area contributed by atoms with Crippen LogP contribution in [0.1, 0.15) is 22.3 Å². The number of nitrogens with zero attached hydrogens (tertiary/aromatic N) is 3. The minimum absolute atomic E-state index is 0.516. The number of fused-ring (bicyclic) bond motifs is 11. The van der Waals surface area contributed by atoms with E-state index in [0.29, 0.717) is 5.95 Å². The number of benzene rings is 9. The fourth-order valence-corrected chi connectivity index (χ4v) is 12.0. The van der Waals surface area contributed by atoms with Crippen LogP contribution in [0.4, 0.5) is 0 Å². The van der Waals surface area contributed by atoms with E-state index in [9.17, 15) is 0 Å². The maximum Gasteiger partial charge on any atom is 0.235 e. The second-order valence-electron chi connectivity index (χ2n) is 16.0. The summed E-state index contributed by atoms with van der Waals surface area (Å²) in [6.45, 7) is 0. The molecule has 14 rings (SSSR count). The lowest BCUT2D eigenvalue weighted by molar-refractivity contribution is 0.783. The van der Waals surface area contributed by atoms with Crippen LogP contribution in [0.5, 0.6) is 0 Å². The largest absolute Gasteiger partial charge is 0.278 e. The Labute approximate surface area is 343 Å². The van der Waals surface area contributed by atoms with Crippen LogP contribution in [-0.2, 0) is 5.41 Å². The third-order valence-corrected chi connectivity index (χ3v) is 14.4. The molecule has 3 heterocycles. The molecule has 12 aromatic rings. The third kappa shape index (κ3) is 3.97. The highest BCUT2D eigenvalue weighted by molar-refractivity contribution is 7.26. The normalized spacial score (nSPS) is 13.6. The van der Waals surface area contributed by atoms with Crippen molar-refractivity contribution in [1.29, 1.82) is 0 Å². The second-order valence-corrected chi connectivity index (χ2v) is 17.1. The van der Waals surface area contributed by atoms with Gasteiger partial charge in [-0.2, -0.15) is 0 Å². The van der Waals surface area contributed by atoms with Crippen molar-refractivity contribution in [1.82, 2.24) is 14.5 Å². The van der Waals surface area contributed by atoms with E-state index in [4.69, 9.17) is 9.97 Å². The van der Waals surface area contributed by atoms with Crippen molar-refractivity contribution < 1.29 is 0 Å². The van der Waals surface area contributed by atoms with Crippen molar-refractivity contribution in [3.63, 3.8) is 0 Å². The quantitative estimate of drug-likeness (QED) is 0.179. The van der Waals surface area contributed by atoms with Gasteiger partial charge in [0.2, 0.25) is 5.95 Å². The number of hydrogen-bond acceptors (Lipinski definition) is 3. The van der Waals surface area contributed by atoms with Gasteiger partial charge in [0.25, 0.3) is 0 Å². The van der Waals surface area contributed by atoms with Crippen molar-refractivity contribution in [2.24, 2.45) is 0 Å². The zero-order chi connectivity index (χ0) is 38.4. The number of thiophene rings is 1. The first-order valence-corrected chi connectivity index (χ1v) is 21.1. The van der Waals surface area contributed by atoms with Crippen molar-refractivity contribution in [2.75, 3.05) is 0 Å². The van der Waals surface area contributed by atoms with Crippen LogP contribution >= 0.6 is 11.3 Å². The van der Waals surface area contributed by atoms with Gasteiger partial charge >= 0.3 is 0 Å². The highest BCUT2D eigenvalue weighted by atomic mass is 32.1. The maximum atomic E-state index is 5.67. The lowest BCUT2D eigenvalue weighted by Crippen LogP contribution is -2.30. The predicted octanol–water partition coefficient (Wildman–Crippen LogP) is 14.3. The van der Waals surface area contributed by atoms with Gasteiger partial charge in [0.05, 0.1) is 32.4 Å². The summed E-state index contributed by atoms with van der Waals surface area (Å²) in [5.74, 6) is 0.681. The summed E-state index contributed by atoms with van der Waals surface area (Å²) in [4.78, 5) is 11.3. The van der Waals surface area contributed by atoms with E-state index in [1.54, 1.807) is 11.3 Å². The van der Waals surface area contributed by atoms with Crippen LogP contribution in [0, 0.1) is 0 Å². The molecule has 0 bridgehead atoms. The molecule has 4 heteroatoms. The van der Waals surface area contributed by atoms with E-state index >= 15 is 0 Å². The van der Waals surface area contributed by atoms with Gasteiger partial charge < -0.3 is 0 Å². The van der Waals surface area contributed by atoms with E-state index in [0.717, 1.165) is 37.9 Å². The molecule has 0 amide bonds. The van der Waals surface area contributed by atoms with Gasteiger partial charge in [-0.25, -0.2) is 9.97 Å². The fourth-order valence-electron chi connectivity index (χ4n) is 10.9. The summed E-state index contributed by atoms with van der Waals surface area (Å²) in [5.41, 5.74) is 15.0. The van der Waals surface area contributed by atoms with Crippen LogP contribution in [0.15, 0.2) is 188 Å². The summed E-state index contributed by atoms with van der Waals surface area (Å²) >= 11 is 1.78. The average Bonchev–Trinajstić information content (AvgIpc) is 3.95. The number of rotatable bonds is 3. The molecule has 0 N–H and O–H groups in total. The minimum atomic E-state index is -0.516. The molecule has 0 saturated heterocycles. The monoisotopic (exact) mass is 765 g/mol. The first kappa shape index (κ1) is 31.7. The third-order valence-electron chi connectivity index (χ3n) is 13.2. The molecule has 2 aliphatic rings. The molecular formula is C55H31N3S. The van der Waals surface area contributed by atoms with E-state index in [-0.39, 0.29) is 0 Å². The van der Waals surface area contributed by atoms with E-state index in [2.05, 4.69) is 193 Å². The smallest absolute Gasteiger partial charge is 0.235 e. The molecule has 59 heavy (non-hydrogen) atoms. The summed E-state index contributed by atoms with van der Waals surface area (Å²) in [7, 11) is 0. The molecule has 0 aliphatic heterocycles. The molecule has 0 unspecified atom stereocenters. The standard InChI is InChI=1S/C55H31N3S/c1-2-15-33(16-3-1)40-31-46-50-48-38(40)21-12-24-43(48)55(41-22-9-6-18-36(41)37-19-7-10-23-42(37)55)44-25-13-26-45(49(44)50)58(46)54-56-51(35-29-28-32-14-4-5-17-34(32)30-35)53-52(57-54)39-20-8-11-27-47(39)59-53/h1-31H. The Kier molecular flexibility index (Phi) is 6.10. The first-order chi connectivity index (χ1) is 29.3. The predicted molar refractivity (Wildman–Crippen MR) is 246 cm³/mol. The topological polar surface area (TPSA) is 30.7 Å². The van der Waals surface area contributed by atoms with E-state index in [1.165, 1.54) is 81.5 Å². The van der Waals surface area contributed by atoms with Gasteiger partial charge in [0, 0.05) is 26.4 Å². The summed E-state index contributed by atoms with van der Waals surface area (Å²) < 4.78 is 4.69. The Bertz CT molecular complexity index is 3750. The molecule has 3 nitrogen and oxygen atoms in total. The van der Waals surface area contributed by atoms with Crippen LogP contribution < -0.4 is 0 Å². The molecule has 272 valence electrons. The molecular weight excluding hydrogens is 735 g/mol. The van der Waals surface area contributed by atoms with Crippen molar-refractivity contribution in [3.8, 4) is 39.5 Å². The molecule has 9 aromatic carbocycles. The van der Waals surface area contributed by atoms with Gasteiger partial charge in [-0.3, -0.25) is 4.57 Å². The van der Waals surface area contributed by atoms with Gasteiger partial charge in [-0.1, -0.05) is 164 Å². The van der Waals surface area contributed by atoms with Gasteiger partial charge in [0.15, 0.2) is 0 Å². The molecule has 0 atom stereocenters. The summed E-state index contributed by atoms with van der Waals surface area (Å²) in [5, 5.41) is 8.65. The van der Waals surface area contributed by atoms with Gasteiger partial charge in [-0.05, 0) is 90.3 Å². The van der Waals surface area contributed by atoms with Crippen LogP contribution in [0.2, 0.25) is 0 Å². The highest BCUT2D eigenvalue weighted by Crippen LogP contribution is 2.62. The molecule has 3 aromatic heterocycles. The Hall–Kier alpha value is -7.40. The van der Waals surface area contributed by atoms with Crippen molar-refractivity contribution in [2.45, 2.75) is 5.41 Å². The molecule has 0 radical (unpaired) electrons. The van der Waals surface area contributed by atoms with Crippen LogP contribution in [-0.4, -0.2) is 14.5 Å². The van der Waals surface area contributed by atoms with Gasteiger partial charge in [0.1, 0.15) is 0 Å². The minimum Gasteiger partial charge on any atom is -0.278 e. The Morgan fingerprint density at radius 3 is 1.92 bits per heavy atom. The average molecular weight is 766 g/mol. The van der Waals surface area contributed by atoms with Crippen LogP contribution in [0.3, 0.4) is 0 Å². The summed E-state index contributed by atoms with van der Waals surface area (Å²) in [6, 6.07) is 69.3. The maximum absolute atomic E-state index is 5.67. The number of hydrogen-bond donors (Lipinski definition) is 0. The van der Waals surface area contributed by atoms with E-state index in [1.807, 2.05) is 0 Å². The van der Waals surface area contributed by atoms with Crippen molar-refractivity contribution >= 4 is 75.0 Å². The lowest BCUT2D eigenvalue weighted by Gasteiger charge is -2.38. The fraction of sp³-hybridized carbons (Fsp3) is 0.0182.